The largest absolute Gasteiger partial charge is 0.375 e. The van der Waals surface area contributed by atoms with E-state index in [1.54, 1.807) is 17.0 Å². The van der Waals surface area contributed by atoms with Gasteiger partial charge in [0.2, 0.25) is 5.91 Å². The van der Waals surface area contributed by atoms with E-state index in [1.807, 2.05) is 6.92 Å². The molecule has 2 rings (SSSR count). The van der Waals surface area contributed by atoms with Gasteiger partial charge in [0.05, 0.1) is 23.4 Å². The van der Waals surface area contributed by atoms with E-state index < -0.39 is 4.92 Å². The summed E-state index contributed by atoms with van der Waals surface area (Å²) < 4.78 is 5.39. The predicted octanol–water partition coefficient (Wildman–Crippen LogP) is 1.93. The number of amides is 1. The summed E-state index contributed by atoms with van der Waals surface area (Å²) in [4.78, 5) is 24.8. The molecule has 1 saturated heterocycles. The topological polar surface area (TPSA) is 72.7 Å². The third kappa shape index (κ3) is 3.94. The summed E-state index contributed by atoms with van der Waals surface area (Å²) in [5.74, 6) is 0.411. The van der Waals surface area contributed by atoms with E-state index >= 15 is 0 Å². The molecule has 0 N–H and O–H groups in total. The first-order valence-corrected chi connectivity index (χ1v) is 7.31. The van der Waals surface area contributed by atoms with Crippen molar-refractivity contribution < 1.29 is 14.5 Å². The minimum atomic E-state index is -0.436. The Bertz CT molecular complexity index is 492. The monoisotopic (exact) mass is 296 g/mol. The Hall–Kier alpha value is -1.60. The van der Waals surface area contributed by atoms with Gasteiger partial charge in [0.1, 0.15) is 0 Å². The molecule has 0 aromatic heterocycles. The molecule has 0 aliphatic carbocycles. The first-order chi connectivity index (χ1) is 9.56. The summed E-state index contributed by atoms with van der Waals surface area (Å²) in [5, 5.41) is 10.5. The van der Waals surface area contributed by atoms with Gasteiger partial charge in [-0.1, -0.05) is 0 Å². The van der Waals surface area contributed by atoms with E-state index in [0.29, 0.717) is 25.4 Å². The Labute approximate surface area is 121 Å². The summed E-state index contributed by atoms with van der Waals surface area (Å²) in [6, 6.07) is 6.23. The van der Waals surface area contributed by atoms with Crippen molar-refractivity contribution in [1.82, 2.24) is 4.90 Å². The SMILES string of the molecule is CC1CN(C(=O)CSc2ccc([N+](=O)[O-])cc2)CCO1. The van der Waals surface area contributed by atoms with Crippen molar-refractivity contribution in [3.63, 3.8) is 0 Å². The van der Waals surface area contributed by atoms with Crippen LogP contribution in [0.1, 0.15) is 6.92 Å². The minimum Gasteiger partial charge on any atom is -0.375 e. The van der Waals surface area contributed by atoms with E-state index in [4.69, 9.17) is 4.74 Å². The fourth-order valence-corrected chi connectivity index (χ4v) is 2.75. The predicted molar refractivity (Wildman–Crippen MR) is 75.8 cm³/mol. The summed E-state index contributed by atoms with van der Waals surface area (Å²) in [5.41, 5.74) is 0.0580. The Morgan fingerprint density at radius 3 is 2.80 bits per heavy atom. The van der Waals surface area contributed by atoms with Crippen LogP contribution in [0.3, 0.4) is 0 Å². The van der Waals surface area contributed by atoms with Crippen molar-refractivity contribution in [3.8, 4) is 0 Å². The first-order valence-electron chi connectivity index (χ1n) is 6.33. The molecule has 1 aromatic carbocycles. The minimum absolute atomic E-state index is 0.0580. The molecule has 0 spiro atoms. The number of carbonyl (C=O) groups is 1. The highest BCUT2D eigenvalue weighted by molar-refractivity contribution is 8.00. The van der Waals surface area contributed by atoms with E-state index in [2.05, 4.69) is 0 Å². The van der Waals surface area contributed by atoms with Crippen molar-refractivity contribution >= 4 is 23.4 Å². The highest BCUT2D eigenvalue weighted by Crippen LogP contribution is 2.22. The Morgan fingerprint density at radius 1 is 1.50 bits per heavy atom. The number of carbonyl (C=O) groups excluding carboxylic acids is 1. The molecule has 1 heterocycles. The third-order valence-corrected chi connectivity index (χ3v) is 4.00. The molecule has 0 radical (unpaired) electrons. The second kappa shape index (κ2) is 6.71. The van der Waals surface area contributed by atoms with Crippen LogP contribution in [0.15, 0.2) is 29.2 Å². The second-order valence-corrected chi connectivity index (χ2v) is 5.61. The van der Waals surface area contributed by atoms with Gasteiger partial charge in [0, 0.05) is 30.1 Å². The van der Waals surface area contributed by atoms with Gasteiger partial charge >= 0.3 is 0 Å². The summed E-state index contributed by atoms with van der Waals surface area (Å²) in [6.45, 7) is 3.78. The molecule has 0 bridgehead atoms. The van der Waals surface area contributed by atoms with Gasteiger partial charge in [0.15, 0.2) is 0 Å². The number of thioether (sulfide) groups is 1. The molecule has 1 aliphatic rings. The normalized spacial score (nSPS) is 18.9. The van der Waals surface area contributed by atoms with Crippen molar-refractivity contribution in [2.75, 3.05) is 25.4 Å². The molecular weight excluding hydrogens is 280 g/mol. The number of rotatable bonds is 4. The molecule has 1 amide bonds. The smallest absolute Gasteiger partial charge is 0.269 e. The highest BCUT2D eigenvalue weighted by atomic mass is 32.2. The van der Waals surface area contributed by atoms with Gasteiger partial charge in [-0.2, -0.15) is 0 Å². The zero-order valence-corrected chi connectivity index (χ0v) is 12.0. The lowest BCUT2D eigenvalue weighted by Crippen LogP contribution is -2.45. The molecule has 0 saturated carbocycles. The van der Waals surface area contributed by atoms with Crippen LogP contribution in [0.25, 0.3) is 0 Å². The number of nitro groups is 1. The van der Waals surface area contributed by atoms with Crippen LogP contribution in [0.4, 0.5) is 5.69 Å². The summed E-state index contributed by atoms with van der Waals surface area (Å²) in [6.07, 6.45) is 0.0806. The lowest BCUT2D eigenvalue weighted by molar-refractivity contribution is -0.384. The molecule has 1 unspecified atom stereocenters. The zero-order chi connectivity index (χ0) is 14.5. The third-order valence-electron chi connectivity index (χ3n) is 3.00. The quantitative estimate of drug-likeness (QED) is 0.482. The van der Waals surface area contributed by atoms with Gasteiger partial charge in [0.25, 0.3) is 5.69 Å². The number of nitrogens with zero attached hydrogens (tertiary/aromatic N) is 2. The van der Waals surface area contributed by atoms with Gasteiger partial charge < -0.3 is 9.64 Å². The van der Waals surface area contributed by atoms with E-state index in [1.165, 1.54) is 23.9 Å². The second-order valence-electron chi connectivity index (χ2n) is 4.56. The van der Waals surface area contributed by atoms with Crippen molar-refractivity contribution in [2.24, 2.45) is 0 Å². The van der Waals surface area contributed by atoms with Crippen LogP contribution in [0, 0.1) is 10.1 Å². The first kappa shape index (κ1) is 14.8. The standard InChI is InChI=1S/C13H16N2O4S/c1-10-8-14(6-7-19-10)13(16)9-20-12-4-2-11(3-5-12)15(17)18/h2-5,10H,6-9H2,1H3. The number of hydrogen-bond donors (Lipinski definition) is 0. The summed E-state index contributed by atoms with van der Waals surface area (Å²) >= 11 is 1.39. The number of non-ortho nitro benzene ring substituents is 1. The lowest BCUT2D eigenvalue weighted by Gasteiger charge is -2.31. The summed E-state index contributed by atoms with van der Waals surface area (Å²) in [7, 11) is 0. The molecule has 1 fully saturated rings. The fraction of sp³-hybridized carbons (Fsp3) is 0.462. The molecule has 1 aliphatic heterocycles. The average Bonchev–Trinajstić information content (AvgIpc) is 2.45. The van der Waals surface area contributed by atoms with Crippen LogP contribution in [-0.4, -0.2) is 47.3 Å². The van der Waals surface area contributed by atoms with E-state index in [-0.39, 0.29) is 17.7 Å². The van der Waals surface area contributed by atoms with E-state index in [0.717, 1.165) is 4.90 Å². The molecule has 108 valence electrons. The molecule has 1 atom stereocenters. The molecule has 20 heavy (non-hydrogen) atoms. The average molecular weight is 296 g/mol. The van der Waals surface area contributed by atoms with Crippen molar-refractivity contribution in [1.29, 1.82) is 0 Å². The number of ether oxygens (including phenoxy) is 1. The highest BCUT2D eigenvalue weighted by Gasteiger charge is 2.21. The molecular formula is C13H16N2O4S. The zero-order valence-electron chi connectivity index (χ0n) is 11.2. The maximum absolute atomic E-state index is 12.0. The number of hydrogen-bond acceptors (Lipinski definition) is 5. The lowest BCUT2D eigenvalue weighted by atomic mass is 10.3. The Balaban J connectivity index is 1.85. The van der Waals surface area contributed by atoms with Crippen LogP contribution < -0.4 is 0 Å². The molecule has 7 heteroatoms. The van der Waals surface area contributed by atoms with Crippen LogP contribution in [-0.2, 0) is 9.53 Å². The molecule has 6 nitrogen and oxygen atoms in total. The van der Waals surface area contributed by atoms with Crippen LogP contribution in [0.2, 0.25) is 0 Å². The van der Waals surface area contributed by atoms with Gasteiger partial charge in [-0.25, -0.2) is 0 Å². The van der Waals surface area contributed by atoms with Crippen molar-refractivity contribution in [2.45, 2.75) is 17.9 Å². The van der Waals surface area contributed by atoms with Gasteiger partial charge in [-0.3, -0.25) is 14.9 Å². The maximum Gasteiger partial charge on any atom is 0.269 e. The van der Waals surface area contributed by atoms with Gasteiger partial charge in [-0.05, 0) is 19.1 Å². The number of nitro benzene ring substituents is 1. The Kier molecular flexibility index (Phi) is 4.97. The number of benzene rings is 1. The Morgan fingerprint density at radius 2 is 2.20 bits per heavy atom. The van der Waals surface area contributed by atoms with Crippen LogP contribution in [0.5, 0.6) is 0 Å². The van der Waals surface area contributed by atoms with Gasteiger partial charge in [-0.15, -0.1) is 11.8 Å². The van der Waals surface area contributed by atoms with Crippen LogP contribution >= 0.6 is 11.8 Å². The van der Waals surface area contributed by atoms with Crippen molar-refractivity contribution in [3.05, 3.63) is 34.4 Å². The van der Waals surface area contributed by atoms with E-state index in [9.17, 15) is 14.9 Å². The fourth-order valence-electron chi connectivity index (χ4n) is 1.95. The number of morpholine rings is 1. The maximum atomic E-state index is 12.0. The molecule has 1 aromatic rings.